The molecule has 0 radical (unpaired) electrons. The quantitative estimate of drug-likeness (QED) is 0.731. The Kier molecular flexibility index (Phi) is 4.24. The number of halogens is 1. The van der Waals surface area contributed by atoms with Crippen LogP contribution in [0, 0.1) is 23.7 Å². The first-order valence-electron chi connectivity index (χ1n) is 6.73. The van der Waals surface area contributed by atoms with Crippen LogP contribution < -0.4 is 0 Å². The van der Waals surface area contributed by atoms with E-state index in [1.165, 1.54) is 19.3 Å². The van der Waals surface area contributed by atoms with E-state index in [-0.39, 0.29) is 0 Å². The van der Waals surface area contributed by atoms with Crippen LogP contribution in [0.4, 0.5) is 0 Å². The van der Waals surface area contributed by atoms with Crippen molar-refractivity contribution < 1.29 is 8.42 Å². The smallest absolute Gasteiger partial charge is 0.150 e. The Balaban J connectivity index is 2.03. The molecule has 17 heavy (non-hydrogen) atoms. The van der Waals surface area contributed by atoms with Crippen molar-refractivity contribution in [1.29, 1.82) is 0 Å². The lowest BCUT2D eigenvalue weighted by molar-refractivity contribution is 0.182. The Morgan fingerprint density at radius 1 is 1.18 bits per heavy atom. The molecule has 0 aromatic rings. The summed E-state index contributed by atoms with van der Waals surface area (Å²) in [7, 11) is -2.73. The van der Waals surface area contributed by atoms with E-state index in [0.717, 1.165) is 18.3 Å². The van der Waals surface area contributed by atoms with Crippen molar-refractivity contribution in [3.63, 3.8) is 0 Å². The fourth-order valence-corrected chi connectivity index (χ4v) is 6.26. The first-order valence-corrected chi connectivity index (χ1v) is 9.47. The van der Waals surface area contributed by atoms with Crippen LogP contribution in [0.3, 0.4) is 0 Å². The van der Waals surface area contributed by atoms with Gasteiger partial charge in [0, 0.05) is 4.83 Å². The molecule has 4 unspecified atom stereocenters. The molecular weight excluding hydrogens is 300 g/mol. The number of hydrogen-bond acceptors (Lipinski definition) is 2. The molecule has 0 aromatic carbocycles. The Morgan fingerprint density at radius 3 is 2.41 bits per heavy atom. The van der Waals surface area contributed by atoms with Gasteiger partial charge < -0.3 is 0 Å². The number of alkyl halides is 1. The second-order valence-corrected chi connectivity index (χ2v) is 9.56. The third-order valence-corrected chi connectivity index (χ3v) is 7.60. The molecule has 1 heterocycles. The number of hydrogen-bond donors (Lipinski definition) is 0. The maximum absolute atomic E-state index is 11.6. The molecule has 0 spiro atoms. The monoisotopic (exact) mass is 322 g/mol. The maximum atomic E-state index is 11.6. The summed E-state index contributed by atoms with van der Waals surface area (Å²) in [5.41, 5.74) is 0. The highest BCUT2D eigenvalue weighted by atomic mass is 79.9. The van der Waals surface area contributed by atoms with Gasteiger partial charge >= 0.3 is 0 Å². The minimum Gasteiger partial charge on any atom is -0.229 e. The molecule has 2 fully saturated rings. The van der Waals surface area contributed by atoms with Crippen molar-refractivity contribution >= 4 is 25.8 Å². The fourth-order valence-electron chi connectivity index (χ4n) is 3.46. The summed E-state index contributed by atoms with van der Waals surface area (Å²) in [5.74, 6) is 3.36. The first-order chi connectivity index (χ1) is 7.89. The Labute approximate surface area is 114 Å². The average molecular weight is 323 g/mol. The molecular formula is C13H23BrO2S. The van der Waals surface area contributed by atoms with E-state index in [1.807, 2.05) is 0 Å². The van der Waals surface area contributed by atoms with E-state index in [2.05, 4.69) is 29.8 Å². The van der Waals surface area contributed by atoms with Crippen LogP contribution >= 0.6 is 15.9 Å². The predicted molar refractivity (Wildman–Crippen MR) is 75.1 cm³/mol. The molecule has 4 atom stereocenters. The summed E-state index contributed by atoms with van der Waals surface area (Å²) in [5, 5.41) is 0. The normalized spacial score (nSPS) is 41.9. The summed E-state index contributed by atoms with van der Waals surface area (Å²) in [6.45, 7) is 4.59. The molecule has 0 amide bonds. The van der Waals surface area contributed by atoms with Gasteiger partial charge in [-0.05, 0) is 49.4 Å². The van der Waals surface area contributed by atoms with Gasteiger partial charge in [-0.15, -0.1) is 0 Å². The lowest BCUT2D eigenvalue weighted by Gasteiger charge is -2.38. The number of rotatable bonds is 2. The third kappa shape index (κ3) is 3.25. The van der Waals surface area contributed by atoms with Crippen molar-refractivity contribution in [3.8, 4) is 0 Å². The van der Waals surface area contributed by atoms with Crippen LogP contribution in [0.25, 0.3) is 0 Å². The van der Waals surface area contributed by atoms with Gasteiger partial charge in [-0.2, -0.15) is 0 Å². The molecule has 0 N–H and O–H groups in total. The SMILES string of the molecule is CC(C)C1CCC(Br)C(C2CCS(=O)(=O)C2)C1. The zero-order valence-corrected chi connectivity index (χ0v) is 13.1. The van der Waals surface area contributed by atoms with E-state index < -0.39 is 9.84 Å². The van der Waals surface area contributed by atoms with Crippen molar-refractivity contribution in [3.05, 3.63) is 0 Å². The van der Waals surface area contributed by atoms with Crippen molar-refractivity contribution in [2.45, 2.75) is 44.4 Å². The minimum atomic E-state index is -2.73. The highest BCUT2D eigenvalue weighted by Gasteiger charge is 2.40. The van der Waals surface area contributed by atoms with Gasteiger partial charge in [-0.3, -0.25) is 0 Å². The topological polar surface area (TPSA) is 34.1 Å². The predicted octanol–water partition coefficient (Wildman–Crippen LogP) is 3.26. The molecule has 1 saturated heterocycles. The zero-order chi connectivity index (χ0) is 12.6. The van der Waals surface area contributed by atoms with Crippen LogP contribution in [-0.2, 0) is 9.84 Å². The lowest BCUT2D eigenvalue weighted by atomic mass is 9.71. The molecule has 2 nitrogen and oxygen atoms in total. The van der Waals surface area contributed by atoms with Crippen molar-refractivity contribution in [1.82, 2.24) is 0 Å². The zero-order valence-electron chi connectivity index (χ0n) is 10.7. The second kappa shape index (κ2) is 5.20. The van der Waals surface area contributed by atoms with Crippen molar-refractivity contribution in [2.24, 2.45) is 23.7 Å². The van der Waals surface area contributed by atoms with Gasteiger partial charge in [0.1, 0.15) is 0 Å². The van der Waals surface area contributed by atoms with Crippen LogP contribution in [0.2, 0.25) is 0 Å². The molecule has 1 aliphatic carbocycles. The van der Waals surface area contributed by atoms with Gasteiger partial charge in [0.15, 0.2) is 9.84 Å². The molecule has 1 saturated carbocycles. The molecule has 1 aliphatic heterocycles. The van der Waals surface area contributed by atoms with Gasteiger partial charge in [0.2, 0.25) is 0 Å². The number of sulfone groups is 1. The molecule has 4 heteroatoms. The average Bonchev–Trinajstić information content (AvgIpc) is 2.59. The standard InChI is InChI=1S/C13H23BrO2S/c1-9(2)10-3-4-13(14)12(7-10)11-5-6-17(15,16)8-11/h9-13H,3-8H2,1-2H3. The molecule has 100 valence electrons. The molecule has 0 aromatic heterocycles. The van der Waals surface area contributed by atoms with E-state index in [4.69, 9.17) is 0 Å². The molecule has 2 aliphatic rings. The van der Waals surface area contributed by atoms with Gasteiger partial charge in [-0.25, -0.2) is 8.42 Å². The highest BCUT2D eigenvalue weighted by Crippen LogP contribution is 2.43. The van der Waals surface area contributed by atoms with Gasteiger partial charge in [-0.1, -0.05) is 29.8 Å². The molecule has 2 rings (SSSR count). The second-order valence-electron chi connectivity index (χ2n) is 6.16. The Hall–Kier alpha value is 0.430. The lowest BCUT2D eigenvalue weighted by Crippen LogP contribution is -2.33. The Morgan fingerprint density at radius 2 is 1.88 bits per heavy atom. The summed E-state index contributed by atoms with van der Waals surface area (Å²) in [4.78, 5) is 0.538. The highest BCUT2D eigenvalue weighted by molar-refractivity contribution is 9.09. The van der Waals surface area contributed by atoms with Gasteiger partial charge in [0.25, 0.3) is 0 Å². The van der Waals surface area contributed by atoms with Crippen LogP contribution in [-0.4, -0.2) is 24.8 Å². The fraction of sp³-hybridized carbons (Fsp3) is 1.00. The van der Waals surface area contributed by atoms with E-state index in [0.29, 0.717) is 28.2 Å². The van der Waals surface area contributed by atoms with Gasteiger partial charge in [0.05, 0.1) is 11.5 Å². The summed E-state index contributed by atoms with van der Waals surface area (Å²) in [6, 6.07) is 0. The van der Waals surface area contributed by atoms with E-state index >= 15 is 0 Å². The first kappa shape index (κ1) is 13.9. The van der Waals surface area contributed by atoms with E-state index in [1.54, 1.807) is 0 Å². The largest absolute Gasteiger partial charge is 0.229 e. The maximum Gasteiger partial charge on any atom is 0.150 e. The summed E-state index contributed by atoms with van der Waals surface area (Å²) >= 11 is 3.78. The van der Waals surface area contributed by atoms with Crippen molar-refractivity contribution in [2.75, 3.05) is 11.5 Å². The summed E-state index contributed by atoms with van der Waals surface area (Å²) < 4.78 is 23.2. The molecule has 0 bridgehead atoms. The summed E-state index contributed by atoms with van der Waals surface area (Å²) in [6.07, 6.45) is 4.61. The third-order valence-electron chi connectivity index (χ3n) is 4.67. The van der Waals surface area contributed by atoms with E-state index in [9.17, 15) is 8.42 Å². The van der Waals surface area contributed by atoms with Crippen LogP contribution in [0.5, 0.6) is 0 Å². The van der Waals surface area contributed by atoms with Crippen LogP contribution in [0.1, 0.15) is 39.5 Å². The van der Waals surface area contributed by atoms with Crippen LogP contribution in [0.15, 0.2) is 0 Å². The minimum absolute atomic E-state index is 0.408. The Bertz CT molecular complexity index is 364.